The van der Waals surface area contributed by atoms with E-state index in [1.165, 1.54) is 19.4 Å². The maximum Gasteiger partial charge on any atom is 0.339 e. The first-order valence-electron chi connectivity index (χ1n) is 5.90. The van der Waals surface area contributed by atoms with E-state index < -0.39 is 6.03 Å². The van der Waals surface area contributed by atoms with Crippen molar-refractivity contribution in [3.8, 4) is 0 Å². The number of nitrogens with one attached hydrogen (secondary N) is 2. The van der Waals surface area contributed by atoms with E-state index in [9.17, 15) is 9.59 Å². The lowest BCUT2D eigenvalue weighted by molar-refractivity contribution is 0.101. The second-order valence-electron chi connectivity index (χ2n) is 3.98. The fraction of sp³-hybridized carbons (Fsp3) is 0.0714. The highest BCUT2D eigenvalue weighted by Crippen LogP contribution is 2.10. The highest BCUT2D eigenvalue weighted by Gasteiger charge is 2.03. The molecule has 2 aromatic rings. The van der Waals surface area contributed by atoms with E-state index in [2.05, 4.69) is 15.8 Å². The molecule has 0 aliphatic carbocycles. The van der Waals surface area contributed by atoms with E-state index in [1.54, 1.807) is 36.4 Å². The SMILES string of the molecule is CC(=O)c1cccc(NC(=O)NN=Cc2ccco2)c1. The highest BCUT2D eigenvalue weighted by atomic mass is 16.3. The molecule has 2 rings (SSSR count). The van der Waals surface area contributed by atoms with Gasteiger partial charge >= 0.3 is 6.03 Å². The lowest BCUT2D eigenvalue weighted by Crippen LogP contribution is -2.24. The highest BCUT2D eigenvalue weighted by molar-refractivity contribution is 5.96. The Morgan fingerprint density at radius 1 is 1.25 bits per heavy atom. The Hall–Kier alpha value is -2.89. The van der Waals surface area contributed by atoms with Gasteiger partial charge in [-0.25, -0.2) is 10.2 Å². The van der Waals surface area contributed by atoms with Crippen LogP contribution in [0.3, 0.4) is 0 Å². The summed E-state index contributed by atoms with van der Waals surface area (Å²) < 4.78 is 5.02. The summed E-state index contributed by atoms with van der Waals surface area (Å²) in [6.45, 7) is 1.47. The molecule has 0 saturated carbocycles. The first-order chi connectivity index (χ1) is 9.65. The van der Waals surface area contributed by atoms with Crippen molar-refractivity contribution in [3.63, 3.8) is 0 Å². The Morgan fingerprint density at radius 3 is 2.80 bits per heavy atom. The van der Waals surface area contributed by atoms with Crippen molar-refractivity contribution in [1.29, 1.82) is 0 Å². The third-order valence-corrected chi connectivity index (χ3v) is 2.43. The molecule has 2 amide bonds. The molecule has 0 radical (unpaired) electrons. The molecule has 1 aromatic carbocycles. The van der Waals surface area contributed by atoms with Crippen LogP contribution in [0.15, 0.2) is 52.2 Å². The van der Waals surface area contributed by atoms with Gasteiger partial charge in [0.25, 0.3) is 0 Å². The Labute approximate surface area is 115 Å². The third-order valence-electron chi connectivity index (χ3n) is 2.43. The van der Waals surface area contributed by atoms with Gasteiger partial charge in [-0.1, -0.05) is 12.1 Å². The van der Waals surface area contributed by atoms with Crippen molar-refractivity contribution < 1.29 is 14.0 Å². The largest absolute Gasteiger partial charge is 0.463 e. The molecule has 102 valence electrons. The average Bonchev–Trinajstić information content (AvgIpc) is 2.92. The van der Waals surface area contributed by atoms with Crippen LogP contribution in [0.4, 0.5) is 10.5 Å². The fourth-order valence-electron chi connectivity index (χ4n) is 1.49. The molecule has 20 heavy (non-hydrogen) atoms. The van der Waals surface area contributed by atoms with Gasteiger partial charge in [-0.2, -0.15) is 5.10 Å². The minimum absolute atomic E-state index is 0.0649. The van der Waals surface area contributed by atoms with Crippen molar-refractivity contribution in [2.24, 2.45) is 5.10 Å². The van der Waals surface area contributed by atoms with Crippen molar-refractivity contribution in [2.75, 3.05) is 5.32 Å². The van der Waals surface area contributed by atoms with Crippen molar-refractivity contribution in [2.45, 2.75) is 6.92 Å². The number of carbonyl (C=O) groups is 2. The van der Waals surface area contributed by atoms with Crippen LogP contribution < -0.4 is 10.7 Å². The van der Waals surface area contributed by atoms with Crippen LogP contribution in [0.1, 0.15) is 23.0 Å². The maximum absolute atomic E-state index is 11.6. The Kier molecular flexibility index (Phi) is 4.28. The standard InChI is InChI=1S/C14H13N3O3/c1-10(18)11-4-2-5-12(8-11)16-14(19)17-15-9-13-6-3-7-20-13/h2-9H,1H3,(H2,16,17,19). The molecular weight excluding hydrogens is 258 g/mol. The Bertz CT molecular complexity index is 633. The van der Waals surface area contributed by atoms with E-state index in [0.717, 1.165) is 0 Å². The monoisotopic (exact) mass is 271 g/mol. The van der Waals surface area contributed by atoms with Crippen LogP contribution >= 0.6 is 0 Å². The number of nitrogens with zero attached hydrogens (tertiary/aromatic N) is 1. The number of hydrazone groups is 1. The molecule has 0 bridgehead atoms. The van der Waals surface area contributed by atoms with E-state index in [1.807, 2.05) is 0 Å². The molecule has 6 heteroatoms. The van der Waals surface area contributed by atoms with E-state index in [-0.39, 0.29) is 5.78 Å². The number of ketones is 1. The van der Waals surface area contributed by atoms with Crippen LogP contribution in [0, 0.1) is 0 Å². The number of carbonyl (C=O) groups excluding carboxylic acids is 2. The van der Waals surface area contributed by atoms with Crippen LogP contribution in [0.25, 0.3) is 0 Å². The van der Waals surface area contributed by atoms with Gasteiger partial charge in [-0.05, 0) is 31.2 Å². The van der Waals surface area contributed by atoms with Crippen molar-refractivity contribution in [3.05, 3.63) is 54.0 Å². The number of furan rings is 1. The number of benzene rings is 1. The molecule has 1 aromatic heterocycles. The van der Waals surface area contributed by atoms with Gasteiger partial charge in [0.15, 0.2) is 5.78 Å². The number of hydrogen-bond donors (Lipinski definition) is 2. The van der Waals surface area contributed by atoms with Gasteiger partial charge in [0.05, 0.1) is 12.5 Å². The number of anilines is 1. The lowest BCUT2D eigenvalue weighted by Gasteiger charge is -2.05. The van der Waals surface area contributed by atoms with Crippen LogP contribution in [-0.4, -0.2) is 18.0 Å². The summed E-state index contributed by atoms with van der Waals surface area (Å²) in [5, 5.41) is 6.29. The summed E-state index contributed by atoms with van der Waals surface area (Å²) in [6, 6.07) is 9.57. The molecular formula is C14H13N3O3. The Morgan fingerprint density at radius 2 is 2.10 bits per heavy atom. The predicted octanol–water partition coefficient (Wildman–Crippen LogP) is 2.64. The number of amides is 2. The summed E-state index contributed by atoms with van der Waals surface area (Å²) in [7, 11) is 0. The van der Waals surface area contributed by atoms with Gasteiger partial charge in [-0.15, -0.1) is 0 Å². The van der Waals surface area contributed by atoms with E-state index in [0.29, 0.717) is 17.0 Å². The van der Waals surface area contributed by atoms with Gasteiger partial charge in [0.1, 0.15) is 5.76 Å². The molecule has 1 heterocycles. The van der Waals surface area contributed by atoms with Crippen LogP contribution in [0.5, 0.6) is 0 Å². The maximum atomic E-state index is 11.6. The molecule has 0 saturated heterocycles. The van der Waals surface area contributed by atoms with Crippen molar-refractivity contribution in [1.82, 2.24) is 5.43 Å². The molecule has 0 fully saturated rings. The number of Topliss-reactive ketones (excluding diaryl/α,β-unsaturated/α-hetero) is 1. The quantitative estimate of drug-likeness (QED) is 0.509. The average molecular weight is 271 g/mol. The summed E-state index contributed by atoms with van der Waals surface area (Å²) in [4.78, 5) is 22.8. The van der Waals surface area contributed by atoms with Gasteiger partial charge in [0, 0.05) is 11.3 Å². The lowest BCUT2D eigenvalue weighted by atomic mass is 10.1. The number of rotatable bonds is 4. The topological polar surface area (TPSA) is 83.7 Å². The normalized spacial score (nSPS) is 10.4. The summed E-state index contributed by atoms with van der Waals surface area (Å²) >= 11 is 0. The zero-order valence-electron chi connectivity index (χ0n) is 10.8. The Balaban J connectivity index is 1.91. The summed E-state index contributed by atoms with van der Waals surface area (Å²) in [5.74, 6) is 0.466. The second-order valence-corrected chi connectivity index (χ2v) is 3.98. The first-order valence-corrected chi connectivity index (χ1v) is 5.90. The van der Waals surface area contributed by atoms with Crippen molar-refractivity contribution >= 4 is 23.7 Å². The molecule has 0 aliphatic heterocycles. The molecule has 0 atom stereocenters. The molecule has 0 aliphatic rings. The van der Waals surface area contributed by atoms with Crippen LogP contribution in [-0.2, 0) is 0 Å². The summed E-state index contributed by atoms with van der Waals surface area (Å²) in [6.07, 6.45) is 2.89. The minimum Gasteiger partial charge on any atom is -0.463 e. The predicted molar refractivity (Wildman–Crippen MR) is 74.9 cm³/mol. The third kappa shape index (κ3) is 3.81. The second kappa shape index (κ2) is 6.33. The zero-order valence-corrected chi connectivity index (χ0v) is 10.8. The van der Waals surface area contributed by atoms with Gasteiger partial charge < -0.3 is 9.73 Å². The number of urea groups is 1. The molecule has 2 N–H and O–H groups in total. The summed E-state index contributed by atoms with van der Waals surface area (Å²) in [5.41, 5.74) is 3.34. The van der Waals surface area contributed by atoms with Gasteiger partial charge in [-0.3, -0.25) is 4.79 Å². The molecule has 6 nitrogen and oxygen atoms in total. The molecule has 0 unspecified atom stereocenters. The fourth-order valence-corrected chi connectivity index (χ4v) is 1.49. The van der Waals surface area contributed by atoms with E-state index in [4.69, 9.17) is 4.42 Å². The van der Waals surface area contributed by atoms with Crippen LogP contribution in [0.2, 0.25) is 0 Å². The molecule has 0 spiro atoms. The number of hydrogen-bond acceptors (Lipinski definition) is 4. The van der Waals surface area contributed by atoms with E-state index >= 15 is 0 Å². The smallest absolute Gasteiger partial charge is 0.339 e. The minimum atomic E-state index is -0.506. The first kappa shape index (κ1) is 13.5. The van der Waals surface area contributed by atoms with Gasteiger partial charge in [0.2, 0.25) is 0 Å². The zero-order chi connectivity index (χ0) is 14.4.